The topological polar surface area (TPSA) is 0 Å². The summed E-state index contributed by atoms with van der Waals surface area (Å²) in [6.07, 6.45) is 6.26. The van der Waals surface area contributed by atoms with Crippen molar-refractivity contribution in [2.24, 2.45) is 35.5 Å². The lowest BCUT2D eigenvalue weighted by Gasteiger charge is -2.45. The molecule has 3 aliphatic carbocycles. The SMILES string of the molecule is CC1C(C)C2CC=CC1C(C)C2C. The fourth-order valence-corrected chi connectivity index (χ4v) is 3.61. The molecule has 3 aliphatic rings. The van der Waals surface area contributed by atoms with Gasteiger partial charge in [0.1, 0.15) is 0 Å². The molecule has 1 saturated carbocycles. The van der Waals surface area contributed by atoms with Gasteiger partial charge in [0, 0.05) is 0 Å². The predicted molar refractivity (Wildman–Crippen MR) is 57.4 cm³/mol. The van der Waals surface area contributed by atoms with E-state index < -0.39 is 0 Å². The molecule has 0 amide bonds. The summed E-state index contributed by atoms with van der Waals surface area (Å²) in [4.78, 5) is 0. The van der Waals surface area contributed by atoms with Crippen LogP contribution in [0.5, 0.6) is 0 Å². The Balaban J connectivity index is 2.32. The van der Waals surface area contributed by atoms with Crippen LogP contribution in [0.15, 0.2) is 12.2 Å². The van der Waals surface area contributed by atoms with E-state index in [4.69, 9.17) is 0 Å². The van der Waals surface area contributed by atoms with Crippen LogP contribution in [0.25, 0.3) is 0 Å². The molecule has 0 heterocycles. The van der Waals surface area contributed by atoms with Crippen molar-refractivity contribution >= 4 is 0 Å². The third kappa shape index (κ3) is 1.26. The zero-order valence-corrected chi connectivity index (χ0v) is 9.33. The van der Waals surface area contributed by atoms with Gasteiger partial charge in [-0.15, -0.1) is 0 Å². The van der Waals surface area contributed by atoms with Crippen molar-refractivity contribution in [3.05, 3.63) is 12.2 Å². The average molecular weight is 178 g/mol. The summed E-state index contributed by atoms with van der Waals surface area (Å²) >= 11 is 0. The van der Waals surface area contributed by atoms with E-state index in [9.17, 15) is 0 Å². The second-order valence-electron chi connectivity index (χ2n) is 5.34. The molecule has 1 fully saturated rings. The third-order valence-electron chi connectivity index (χ3n) is 4.99. The van der Waals surface area contributed by atoms with E-state index >= 15 is 0 Å². The summed E-state index contributed by atoms with van der Waals surface area (Å²) in [6.45, 7) is 9.80. The first kappa shape index (κ1) is 9.30. The van der Waals surface area contributed by atoms with Crippen molar-refractivity contribution in [2.75, 3.05) is 0 Å². The zero-order chi connectivity index (χ0) is 9.59. The molecule has 0 aromatic rings. The fourth-order valence-electron chi connectivity index (χ4n) is 3.61. The van der Waals surface area contributed by atoms with Crippen LogP contribution in [0.2, 0.25) is 0 Å². The predicted octanol–water partition coefficient (Wildman–Crippen LogP) is 3.74. The van der Waals surface area contributed by atoms with Crippen LogP contribution in [0.3, 0.4) is 0 Å². The zero-order valence-electron chi connectivity index (χ0n) is 9.33. The second-order valence-corrected chi connectivity index (χ2v) is 5.34. The Morgan fingerprint density at radius 2 is 1.38 bits per heavy atom. The van der Waals surface area contributed by atoms with Crippen LogP contribution < -0.4 is 0 Å². The monoisotopic (exact) mass is 178 g/mol. The van der Waals surface area contributed by atoms with Gasteiger partial charge in [-0.2, -0.15) is 0 Å². The highest BCUT2D eigenvalue weighted by Crippen LogP contribution is 2.49. The summed E-state index contributed by atoms with van der Waals surface area (Å²) in [5, 5.41) is 0. The standard InChI is InChI=1S/C13H22/c1-8-9(2)13-7-5-6-12(8)10(3)11(13)4/h5-6,8-13H,7H2,1-4H3. The van der Waals surface area contributed by atoms with Crippen LogP contribution >= 0.6 is 0 Å². The molecule has 13 heavy (non-hydrogen) atoms. The molecule has 0 spiro atoms. The first-order valence-electron chi connectivity index (χ1n) is 5.79. The van der Waals surface area contributed by atoms with Gasteiger partial charge in [-0.05, 0) is 41.9 Å². The highest BCUT2D eigenvalue weighted by molar-refractivity contribution is 5.06. The van der Waals surface area contributed by atoms with Gasteiger partial charge in [0.25, 0.3) is 0 Å². The van der Waals surface area contributed by atoms with Crippen molar-refractivity contribution in [3.63, 3.8) is 0 Å². The van der Waals surface area contributed by atoms with Crippen molar-refractivity contribution in [3.8, 4) is 0 Å². The molecule has 0 aromatic heterocycles. The minimum atomic E-state index is 0.851. The summed E-state index contributed by atoms with van der Waals surface area (Å²) < 4.78 is 0. The van der Waals surface area contributed by atoms with Crippen molar-refractivity contribution in [1.29, 1.82) is 0 Å². The van der Waals surface area contributed by atoms with Gasteiger partial charge in [-0.25, -0.2) is 0 Å². The Kier molecular flexibility index (Phi) is 2.25. The molecular weight excluding hydrogens is 156 g/mol. The molecule has 4 unspecified atom stereocenters. The van der Waals surface area contributed by atoms with E-state index in [0.717, 1.165) is 35.5 Å². The Morgan fingerprint density at radius 3 is 1.92 bits per heavy atom. The van der Waals surface area contributed by atoms with Crippen molar-refractivity contribution < 1.29 is 0 Å². The molecule has 0 N–H and O–H groups in total. The second kappa shape index (κ2) is 3.15. The maximum Gasteiger partial charge on any atom is -0.0177 e. The maximum absolute atomic E-state index is 2.50. The lowest BCUT2D eigenvalue weighted by molar-refractivity contribution is 0.0436. The molecule has 74 valence electrons. The van der Waals surface area contributed by atoms with E-state index in [1.54, 1.807) is 0 Å². The van der Waals surface area contributed by atoms with Crippen LogP contribution in [-0.4, -0.2) is 0 Å². The average Bonchev–Trinajstić information content (AvgIpc) is 2.33. The summed E-state index contributed by atoms with van der Waals surface area (Å²) in [5.74, 6) is 5.44. The van der Waals surface area contributed by atoms with E-state index in [1.165, 1.54) is 6.42 Å². The van der Waals surface area contributed by atoms with E-state index in [2.05, 4.69) is 39.8 Å². The fraction of sp³-hybridized carbons (Fsp3) is 0.846. The summed E-state index contributed by atoms with van der Waals surface area (Å²) in [6, 6.07) is 0. The van der Waals surface area contributed by atoms with Gasteiger partial charge in [0.05, 0.1) is 0 Å². The number of hydrogen-bond donors (Lipinski definition) is 0. The molecule has 0 radical (unpaired) electrons. The summed E-state index contributed by atoms with van der Waals surface area (Å²) in [5.41, 5.74) is 0. The number of allylic oxidation sites excluding steroid dienone is 2. The van der Waals surface area contributed by atoms with Crippen LogP contribution in [-0.2, 0) is 0 Å². The number of hydrogen-bond acceptors (Lipinski definition) is 0. The molecular formula is C13H22. The van der Waals surface area contributed by atoms with Crippen molar-refractivity contribution in [2.45, 2.75) is 34.1 Å². The molecule has 0 heteroatoms. The maximum atomic E-state index is 2.50. The largest absolute Gasteiger partial charge is 0.0879 e. The molecule has 4 atom stereocenters. The highest BCUT2D eigenvalue weighted by atomic mass is 14.5. The summed E-state index contributed by atoms with van der Waals surface area (Å²) in [7, 11) is 0. The van der Waals surface area contributed by atoms with Crippen LogP contribution in [0, 0.1) is 35.5 Å². The molecule has 0 nitrogen and oxygen atoms in total. The van der Waals surface area contributed by atoms with Gasteiger partial charge >= 0.3 is 0 Å². The molecule has 0 saturated heterocycles. The lowest BCUT2D eigenvalue weighted by Crippen LogP contribution is -2.39. The third-order valence-corrected chi connectivity index (χ3v) is 4.99. The van der Waals surface area contributed by atoms with Gasteiger partial charge in [0.15, 0.2) is 0 Å². The molecule has 2 bridgehead atoms. The molecule has 0 aromatic carbocycles. The van der Waals surface area contributed by atoms with Crippen LogP contribution in [0.1, 0.15) is 34.1 Å². The van der Waals surface area contributed by atoms with Gasteiger partial charge in [-0.3, -0.25) is 0 Å². The van der Waals surface area contributed by atoms with Crippen molar-refractivity contribution in [1.82, 2.24) is 0 Å². The van der Waals surface area contributed by atoms with Crippen LogP contribution in [0.4, 0.5) is 0 Å². The minimum Gasteiger partial charge on any atom is -0.0879 e. The number of fused-ring (bicyclic) bond motifs is 3. The molecule has 3 rings (SSSR count). The molecule has 0 aliphatic heterocycles. The first-order valence-corrected chi connectivity index (χ1v) is 5.79. The minimum absolute atomic E-state index is 0.851. The van der Waals surface area contributed by atoms with E-state index in [0.29, 0.717) is 0 Å². The van der Waals surface area contributed by atoms with E-state index in [-0.39, 0.29) is 0 Å². The van der Waals surface area contributed by atoms with Gasteiger partial charge in [-0.1, -0.05) is 39.8 Å². The Bertz CT molecular complexity index is 200. The first-order chi connectivity index (χ1) is 6.13. The quantitative estimate of drug-likeness (QED) is 0.496. The lowest BCUT2D eigenvalue weighted by atomic mass is 9.60. The Labute approximate surface area is 82.4 Å². The van der Waals surface area contributed by atoms with E-state index in [1.807, 2.05) is 0 Å². The number of rotatable bonds is 0. The van der Waals surface area contributed by atoms with Gasteiger partial charge < -0.3 is 0 Å². The Hall–Kier alpha value is -0.260. The Morgan fingerprint density at radius 1 is 0.846 bits per heavy atom. The normalized spacial score (nSPS) is 55.1. The van der Waals surface area contributed by atoms with Gasteiger partial charge in [0.2, 0.25) is 0 Å². The highest BCUT2D eigenvalue weighted by Gasteiger charge is 2.42. The smallest absolute Gasteiger partial charge is 0.0177 e.